The predicted octanol–water partition coefficient (Wildman–Crippen LogP) is 3.73. The first kappa shape index (κ1) is 13.0. The predicted molar refractivity (Wildman–Crippen MR) is 66.1 cm³/mol. The summed E-state index contributed by atoms with van der Waals surface area (Å²) in [5, 5.41) is -0.0976. The van der Waals surface area contributed by atoms with Crippen LogP contribution in [0, 0.1) is 0 Å². The van der Waals surface area contributed by atoms with Gasteiger partial charge in [-0.1, -0.05) is 12.1 Å². The van der Waals surface area contributed by atoms with E-state index in [1.54, 1.807) is 6.92 Å². The Labute approximate surface area is 102 Å². The van der Waals surface area contributed by atoms with Gasteiger partial charge in [0.05, 0.1) is 12.0 Å². The molecule has 0 amide bonds. The van der Waals surface area contributed by atoms with Crippen LogP contribution in [0.25, 0.3) is 0 Å². The number of ether oxygens (including phenoxy) is 1. The first-order chi connectivity index (χ1) is 7.63. The van der Waals surface area contributed by atoms with E-state index in [4.69, 9.17) is 16.3 Å². The van der Waals surface area contributed by atoms with E-state index in [0.29, 0.717) is 19.4 Å². The van der Waals surface area contributed by atoms with Gasteiger partial charge in [-0.25, -0.2) is 0 Å². The summed E-state index contributed by atoms with van der Waals surface area (Å²) in [5.41, 5.74) is 1.03. The second kappa shape index (κ2) is 6.54. The molecule has 88 valence electrons. The summed E-state index contributed by atoms with van der Waals surface area (Å²) in [6.07, 6.45) is 1.21. The number of carbonyl (C=O) groups is 1. The average molecular weight is 241 g/mol. The van der Waals surface area contributed by atoms with E-state index in [1.807, 2.05) is 31.2 Å². The molecule has 1 aromatic carbocycles. The van der Waals surface area contributed by atoms with E-state index in [0.717, 1.165) is 11.3 Å². The smallest absolute Gasteiger partial charge is 0.129 e. The van der Waals surface area contributed by atoms with Crippen LogP contribution in [0.4, 0.5) is 0 Å². The summed E-state index contributed by atoms with van der Waals surface area (Å²) in [4.78, 5) is 10.8. The zero-order valence-corrected chi connectivity index (χ0v) is 10.5. The van der Waals surface area contributed by atoms with Gasteiger partial charge in [-0.15, -0.1) is 11.6 Å². The molecule has 0 aromatic heterocycles. The Kier molecular flexibility index (Phi) is 5.33. The fourth-order valence-corrected chi connectivity index (χ4v) is 1.69. The van der Waals surface area contributed by atoms with Crippen LogP contribution >= 0.6 is 11.6 Å². The zero-order valence-electron chi connectivity index (χ0n) is 9.70. The second-order valence-corrected chi connectivity index (χ2v) is 4.24. The van der Waals surface area contributed by atoms with Gasteiger partial charge in [-0.2, -0.15) is 0 Å². The second-order valence-electron chi connectivity index (χ2n) is 3.71. The molecule has 0 N–H and O–H groups in total. The molecule has 0 spiro atoms. The first-order valence-corrected chi connectivity index (χ1v) is 5.93. The van der Waals surface area contributed by atoms with Crippen molar-refractivity contribution >= 4 is 17.4 Å². The van der Waals surface area contributed by atoms with Gasteiger partial charge < -0.3 is 9.53 Å². The van der Waals surface area contributed by atoms with Crippen molar-refractivity contribution in [1.82, 2.24) is 0 Å². The SMILES string of the molecule is CCOc1ccc(C(Cl)CCC(C)=O)cc1. The molecule has 0 aliphatic heterocycles. The summed E-state index contributed by atoms with van der Waals surface area (Å²) < 4.78 is 5.34. The molecule has 1 unspecified atom stereocenters. The van der Waals surface area contributed by atoms with Crippen molar-refractivity contribution in [2.45, 2.75) is 32.1 Å². The van der Waals surface area contributed by atoms with Crippen molar-refractivity contribution in [3.63, 3.8) is 0 Å². The monoisotopic (exact) mass is 240 g/mol. The third-order valence-corrected chi connectivity index (χ3v) is 2.77. The number of hydrogen-bond donors (Lipinski definition) is 0. The van der Waals surface area contributed by atoms with Crippen LogP contribution in [0.5, 0.6) is 5.75 Å². The normalized spacial score (nSPS) is 12.2. The van der Waals surface area contributed by atoms with Crippen molar-refractivity contribution in [1.29, 1.82) is 0 Å². The van der Waals surface area contributed by atoms with Crippen LogP contribution in [-0.2, 0) is 4.79 Å². The number of ketones is 1. The highest BCUT2D eigenvalue weighted by Gasteiger charge is 2.08. The van der Waals surface area contributed by atoms with Crippen molar-refractivity contribution < 1.29 is 9.53 Å². The molecule has 0 fully saturated rings. The van der Waals surface area contributed by atoms with Crippen LogP contribution in [-0.4, -0.2) is 12.4 Å². The van der Waals surface area contributed by atoms with Crippen molar-refractivity contribution in [2.24, 2.45) is 0 Å². The van der Waals surface area contributed by atoms with Gasteiger partial charge in [0, 0.05) is 6.42 Å². The Bertz CT molecular complexity index is 332. The highest BCUT2D eigenvalue weighted by molar-refractivity contribution is 6.20. The Morgan fingerprint density at radius 2 is 2.00 bits per heavy atom. The van der Waals surface area contributed by atoms with E-state index >= 15 is 0 Å². The van der Waals surface area contributed by atoms with Crippen LogP contribution in [0.1, 0.15) is 37.6 Å². The lowest BCUT2D eigenvalue weighted by Gasteiger charge is -2.09. The summed E-state index contributed by atoms with van der Waals surface area (Å²) in [6.45, 7) is 4.20. The fourth-order valence-electron chi connectivity index (χ4n) is 1.44. The third-order valence-electron chi connectivity index (χ3n) is 2.30. The highest BCUT2D eigenvalue weighted by Crippen LogP contribution is 2.27. The molecule has 0 saturated carbocycles. The van der Waals surface area contributed by atoms with E-state index in [1.165, 1.54) is 0 Å². The van der Waals surface area contributed by atoms with E-state index in [9.17, 15) is 4.79 Å². The molecular formula is C13H17ClO2. The summed E-state index contributed by atoms with van der Waals surface area (Å²) in [5.74, 6) is 1.03. The van der Waals surface area contributed by atoms with E-state index in [-0.39, 0.29) is 11.2 Å². The molecule has 1 atom stereocenters. The minimum Gasteiger partial charge on any atom is -0.494 e. The van der Waals surface area contributed by atoms with Crippen LogP contribution in [0.2, 0.25) is 0 Å². The molecule has 1 aromatic rings. The molecular weight excluding hydrogens is 224 g/mol. The number of halogens is 1. The average Bonchev–Trinajstić information content (AvgIpc) is 2.27. The highest BCUT2D eigenvalue weighted by atomic mass is 35.5. The Morgan fingerprint density at radius 3 is 2.50 bits per heavy atom. The van der Waals surface area contributed by atoms with Gasteiger partial charge >= 0.3 is 0 Å². The van der Waals surface area contributed by atoms with Gasteiger partial charge in [-0.05, 0) is 38.0 Å². The minimum atomic E-state index is -0.0976. The van der Waals surface area contributed by atoms with Crippen LogP contribution in [0.3, 0.4) is 0 Å². The number of alkyl halides is 1. The van der Waals surface area contributed by atoms with Crippen molar-refractivity contribution in [3.8, 4) is 5.75 Å². The lowest BCUT2D eigenvalue weighted by atomic mass is 10.1. The van der Waals surface area contributed by atoms with Crippen LogP contribution < -0.4 is 4.74 Å². The fraction of sp³-hybridized carbons (Fsp3) is 0.462. The molecule has 0 saturated heterocycles. The molecule has 0 radical (unpaired) electrons. The zero-order chi connectivity index (χ0) is 12.0. The van der Waals surface area contributed by atoms with Crippen LogP contribution in [0.15, 0.2) is 24.3 Å². The van der Waals surface area contributed by atoms with Crippen molar-refractivity contribution in [3.05, 3.63) is 29.8 Å². The van der Waals surface area contributed by atoms with Gasteiger partial charge in [0.2, 0.25) is 0 Å². The minimum absolute atomic E-state index is 0.0976. The molecule has 2 nitrogen and oxygen atoms in total. The number of benzene rings is 1. The van der Waals surface area contributed by atoms with Crippen molar-refractivity contribution in [2.75, 3.05) is 6.61 Å². The first-order valence-electron chi connectivity index (χ1n) is 5.49. The summed E-state index contributed by atoms with van der Waals surface area (Å²) in [7, 11) is 0. The number of Topliss-reactive ketones (excluding diaryl/α,β-unsaturated/α-hetero) is 1. The standard InChI is InChI=1S/C13H17ClO2/c1-3-16-12-7-5-11(6-8-12)13(14)9-4-10(2)15/h5-8,13H,3-4,9H2,1-2H3. The van der Waals surface area contributed by atoms with E-state index < -0.39 is 0 Å². The molecule has 1 rings (SSSR count). The lowest BCUT2D eigenvalue weighted by molar-refractivity contribution is -0.117. The quantitative estimate of drug-likeness (QED) is 0.709. The molecule has 0 bridgehead atoms. The number of carbonyl (C=O) groups excluding carboxylic acids is 1. The molecule has 0 aliphatic rings. The molecule has 0 heterocycles. The number of rotatable bonds is 6. The Morgan fingerprint density at radius 1 is 1.38 bits per heavy atom. The van der Waals surface area contributed by atoms with E-state index in [2.05, 4.69) is 0 Å². The van der Waals surface area contributed by atoms with Gasteiger partial charge in [0.25, 0.3) is 0 Å². The maximum atomic E-state index is 10.8. The Balaban J connectivity index is 2.55. The molecule has 0 aliphatic carbocycles. The maximum absolute atomic E-state index is 10.8. The largest absolute Gasteiger partial charge is 0.494 e. The topological polar surface area (TPSA) is 26.3 Å². The van der Waals surface area contributed by atoms with Gasteiger partial charge in [0.1, 0.15) is 11.5 Å². The lowest BCUT2D eigenvalue weighted by Crippen LogP contribution is -1.96. The third kappa shape index (κ3) is 4.23. The Hall–Kier alpha value is -1.02. The summed E-state index contributed by atoms with van der Waals surface area (Å²) >= 11 is 6.19. The molecule has 16 heavy (non-hydrogen) atoms. The maximum Gasteiger partial charge on any atom is 0.129 e. The summed E-state index contributed by atoms with van der Waals surface area (Å²) in [6, 6.07) is 7.70. The van der Waals surface area contributed by atoms with Gasteiger partial charge in [0.15, 0.2) is 0 Å². The van der Waals surface area contributed by atoms with Gasteiger partial charge in [-0.3, -0.25) is 0 Å². The molecule has 3 heteroatoms. The number of hydrogen-bond acceptors (Lipinski definition) is 2.